The van der Waals surface area contributed by atoms with Gasteiger partial charge in [0, 0.05) is 22.1 Å². The monoisotopic (exact) mass is 588 g/mol. The SMILES string of the molecule is COC1=C(OC)C(=O)C(CCCCCCCCCCOC(=O)COc2ccc(-c3cc(=O)ss3)cc2)=C(C)C1=O. The Kier molecular flexibility index (Phi) is 12.6. The van der Waals surface area contributed by atoms with E-state index >= 15 is 0 Å². The van der Waals surface area contributed by atoms with E-state index in [4.69, 9.17) is 18.9 Å². The molecule has 0 amide bonds. The quantitative estimate of drug-likeness (QED) is 0.0925. The van der Waals surface area contributed by atoms with Crippen molar-refractivity contribution in [1.29, 1.82) is 0 Å². The highest BCUT2D eigenvalue weighted by atomic mass is 32.9. The van der Waals surface area contributed by atoms with Crippen molar-refractivity contribution in [3.05, 3.63) is 62.5 Å². The molecule has 2 aromatic rings. The Morgan fingerprint density at radius 3 is 1.98 bits per heavy atom. The average molecular weight is 589 g/mol. The van der Waals surface area contributed by atoms with Crippen LogP contribution in [0.5, 0.6) is 5.75 Å². The number of benzene rings is 1. The summed E-state index contributed by atoms with van der Waals surface area (Å²) in [5.74, 6) is -0.384. The minimum Gasteiger partial charge on any atom is -0.489 e. The normalized spacial score (nSPS) is 13.6. The first kappa shape index (κ1) is 31.3. The summed E-state index contributed by atoms with van der Waals surface area (Å²) in [7, 11) is 5.38. The molecular formula is C30H36O8S2. The molecule has 0 saturated heterocycles. The van der Waals surface area contributed by atoms with E-state index in [0.717, 1.165) is 61.8 Å². The van der Waals surface area contributed by atoms with Crippen molar-refractivity contribution >= 4 is 38.2 Å². The van der Waals surface area contributed by atoms with E-state index in [1.165, 1.54) is 34.9 Å². The maximum atomic E-state index is 12.7. The summed E-state index contributed by atoms with van der Waals surface area (Å²) < 4.78 is 21.0. The van der Waals surface area contributed by atoms with E-state index in [2.05, 4.69) is 0 Å². The molecule has 0 bridgehead atoms. The molecule has 0 N–H and O–H groups in total. The lowest BCUT2D eigenvalue weighted by atomic mass is 9.89. The second-order valence-electron chi connectivity index (χ2n) is 9.43. The van der Waals surface area contributed by atoms with Gasteiger partial charge in [-0.05, 0) is 66.4 Å². The molecule has 40 heavy (non-hydrogen) atoms. The second-order valence-corrected chi connectivity index (χ2v) is 11.6. The predicted octanol–water partition coefficient (Wildman–Crippen LogP) is 6.24. The van der Waals surface area contributed by atoms with Gasteiger partial charge in [-0.3, -0.25) is 14.4 Å². The van der Waals surface area contributed by atoms with Crippen LogP contribution in [-0.4, -0.2) is 45.0 Å². The molecule has 0 spiro atoms. The standard InChI is InChI=1S/C30H36O8S2/c1-20-23(28(34)30(36-3)29(35-2)27(20)33)12-10-8-6-4-5-7-9-11-17-37-25(31)19-38-22-15-13-21(14-16-22)24-18-26(32)40-39-24/h13-16,18H,4-12,17,19H2,1-3H3. The fourth-order valence-corrected chi connectivity index (χ4v) is 6.31. The summed E-state index contributed by atoms with van der Waals surface area (Å²) in [5.41, 5.74) is 1.91. The first-order chi connectivity index (χ1) is 19.3. The molecule has 8 nitrogen and oxygen atoms in total. The van der Waals surface area contributed by atoms with E-state index in [9.17, 15) is 19.2 Å². The second kappa shape index (κ2) is 16.1. The van der Waals surface area contributed by atoms with Gasteiger partial charge in [0.1, 0.15) is 5.75 Å². The topological polar surface area (TPSA) is 105 Å². The molecular weight excluding hydrogens is 552 g/mol. The van der Waals surface area contributed by atoms with Crippen LogP contribution < -0.4 is 9.48 Å². The number of carbonyl (C=O) groups excluding carboxylic acids is 3. The summed E-state index contributed by atoms with van der Waals surface area (Å²) >= 11 is 0. The molecule has 0 unspecified atom stereocenters. The van der Waals surface area contributed by atoms with Crippen molar-refractivity contribution in [2.24, 2.45) is 0 Å². The summed E-state index contributed by atoms with van der Waals surface area (Å²) in [6.07, 6.45) is 8.50. The molecule has 10 heteroatoms. The molecule has 0 radical (unpaired) electrons. The number of allylic oxidation sites excluding steroid dienone is 2. The maximum absolute atomic E-state index is 12.7. The molecule has 1 aromatic carbocycles. The van der Waals surface area contributed by atoms with Gasteiger partial charge in [0.25, 0.3) is 0 Å². The molecule has 0 aliphatic heterocycles. The van der Waals surface area contributed by atoms with Crippen molar-refractivity contribution in [2.45, 2.75) is 64.7 Å². The van der Waals surface area contributed by atoms with Crippen molar-refractivity contribution in [3.63, 3.8) is 0 Å². The summed E-state index contributed by atoms with van der Waals surface area (Å²) in [4.78, 5) is 49.3. The molecule has 1 heterocycles. The highest BCUT2D eigenvalue weighted by Gasteiger charge is 2.34. The van der Waals surface area contributed by atoms with Gasteiger partial charge in [0.05, 0.1) is 20.8 Å². The largest absolute Gasteiger partial charge is 0.489 e. The van der Waals surface area contributed by atoms with Crippen LogP contribution in [0.2, 0.25) is 0 Å². The van der Waals surface area contributed by atoms with Crippen LogP contribution in [0.15, 0.2) is 57.8 Å². The molecule has 216 valence electrons. The lowest BCUT2D eigenvalue weighted by molar-refractivity contribution is -0.146. The lowest BCUT2D eigenvalue weighted by Crippen LogP contribution is -2.25. The molecule has 0 atom stereocenters. The van der Waals surface area contributed by atoms with Gasteiger partial charge in [0.15, 0.2) is 6.61 Å². The first-order valence-electron chi connectivity index (χ1n) is 13.5. The zero-order valence-corrected chi connectivity index (χ0v) is 24.9. The fraction of sp³-hybridized carbons (Fsp3) is 0.467. The van der Waals surface area contributed by atoms with Crippen LogP contribution in [0.4, 0.5) is 0 Å². The molecule has 3 rings (SSSR count). The Labute approximate surface area is 242 Å². The van der Waals surface area contributed by atoms with Gasteiger partial charge < -0.3 is 18.9 Å². The van der Waals surface area contributed by atoms with Gasteiger partial charge in [-0.25, -0.2) is 4.79 Å². The third kappa shape index (κ3) is 8.89. The number of methoxy groups -OCH3 is 2. The number of Topliss-reactive ketones (excluding diaryl/α,β-unsaturated/α-hetero) is 2. The van der Waals surface area contributed by atoms with E-state index in [-0.39, 0.29) is 34.4 Å². The third-order valence-corrected chi connectivity index (χ3v) is 8.82. The highest BCUT2D eigenvalue weighted by molar-refractivity contribution is 7.69. The third-order valence-electron chi connectivity index (χ3n) is 6.64. The number of unbranched alkanes of at least 4 members (excludes halogenated alkanes) is 7. The number of esters is 1. The fourth-order valence-electron chi connectivity index (χ4n) is 4.42. The minimum atomic E-state index is -0.393. The zero-order valence-electron chi connectivity index (χ0n) is 23.2. The Balaban J connectivity index is 1.19. The van der Waals surface area contributed by atoms with E-state index in [1.807, 2.05) is 12.1 Å². The molecule has 1 aliphatic rings. The van der Waals surface area contributed by atoms with Crippen molar-refractivity contribution < 1.29 is 33.3 Å². The molecule has 0 fully saturated rings. The number of hydrogen-bond acceptors (Lipinski definition) is 10. The Morgan fingerprint density at radius 2 is 1.38 bits per heavy atom. The Hall–Kier alpha value is -3.24. The zero-order chi connectivity index (χ0) is 28.9. The average Bonchev–Trinajstić information content (AvgIpc) is 3.40. The number of hydrogen-bond donors (Lipinski definition) is 0. The van der Waals surface area contributed by atoms with Gasteiger partial charge >= 0.3 is 5.97 Å². The number of rotatable bonds is 17. The van der Waals surface area contributed by atoms with Crippen molar-refractivity contribution in [2.75, 3.05) is 27.4 Å². The molecule has 1 aliphatic carbocycles. The smallest absolute Gasteiger partial charge is 0.344 e. The molecule has 0 saturated carbocycles. The van der Waals surface area contributed by atoms with Crippen LogP contribution in [0.3, 0.4) is 0 Å². The Morgan fingerprint density at radius 1 is 0.775 bits per heavy atom. The number of carbonyl (C=O) groups is 3. The van der Waals surface area contributed by atoms with Crippen LogP contribution in [0.1, 0.15) is 64.7 Å². The van der Waals surface area contributed by atoms with Crippen LogP contribution in [0.25, 0.3) is 10.4 Å². The van der Waals surface area contributed by atoms with E-state index in [0.29, 0.717) is 29.9 Å². The Bertz CT molecular complexity index is 1280. The van der Waals surface area contributed by atoms with Gasteiger partial charge in [-0.15, -0.1) is 0 Å². The van der Waals surface area contributed by atoms with Gasteiger partial charge in [-0.2, -0.15) is 0 Å². The predicted molar refractivity (Wildman–Crippen MR) is 156 cm³/mol. The number of ether oxygens (including phenoxy) is 4. The summed E-state index contributed by atoms with van der Waals surface area (Å²) in [5, 5.41) is 0. The van der Waals surface area contributed by atoms with Gasteiger partial charge in [0.2, 0.25) is 27.8 Å². The van der Waals surface area contributed by atoms with Crippen LogP contribution >= 0.6 is 20.7 Å². The van der Waals surface area contributed by atoms with Crippen LogP contribution in [-0.2, 0) is 28.6 Å². The van der Waals surface area contributed by atoms with Gasteiger partial charge in [-0.1, -0.05) is 48.9 Å². The molecule has 1 aromatic heterocycles. The lowest BCUT2D eigenvalue weighted by Gasteiger charge is -2.20. The minimum absolute atomic E-state index is 0.00670. The van der Waals surface area contributed by atoms with Crippen molar-refractivity contribution in [3.8, 4) is 16.2 Å². The van der Waals surface area contributed by atoms with Crippen LogP contribution in [0, 0.1) is 0 Å². The summed E-state index contributed by atoms with van der Waals surface area (Å²) in [6, 6.07) is 8.90. The number of ketones is 2. The van der Waals surface area contributed by atoms with Crippen molar-refractivity contribution in [1.82, 2.24) is 0 Å². The van der Waals surface area contributed by atoms with E-state index in [1.54, 1.807) is 25.1 Å². The summed E-state index contributed by atoms with van der Waals surface area (Å²) in [6.45, 7) is 1.91. The first-order valence-corrected chi connectivity index (χ1v) is 15.6. The highest BCUT2D eigenvalue weighted by Crippen LogP contribution is 2.29. The maximum Gasteiger partial charge on any atom is 0.344 e. The van der Waals surface area contributed by atoms with E-state index < -0.39 is 5.97 Å².